The molecule has 0 aromatic carbocycles. The standard InChI is InChI=1S/C13H17N5O2.Ar/c1-5-9-8(13(2,3)4)6-10-15-16-11(18(10)17-9)7-20-12(14)19;/h5-6H,1,7H2,2-4H3,(H2,14,19);. The Bertz CT molecular complexity index is 675. The van der Waals surface area contributed by atoms with Crippen LogP contribution in [0.1, 0.15) is 37.9 Å². The van der Waals surface area contributed by atoms with E-state index in [9.17, 15) is 4.79 Å². The van der Waals surface area contributed by atoms with Crippen LogP contribution in [0.4, 0.5) is 4.79 Å². The van der Waals surface area contributed by atoms with Crippen LogP contribution < -0.4 is 5.73 Å². The summed E-state index contributed by atoms with van der Waals surface area (Å²) < 4.78 is 6.24. The van der Waals surface area contributed by atoms with E-state index in [0.717, 1.165) is 11.3 Å². The van der Waals surface area contributed by atoms with Gasteiger partial charge in [0.05, 0.1) is 5.69 Å². The number of aromatic nitrogens is 4. The van der Waals surface area contributed by atoms with Crippen molar-refractivity contribution in [2.75, 3.05) is 0 Å². The van der Waals surface area contributed by atoms with Crippen molar-refractivity contribution in [2.24, 2.45) is 5.73 Å². The summed E-state index contributed by atoms with van der Waals surface area (Å²) in [6.45, 7) is 9.96. The molecule has 8 heteroatoms. The van der Waals surface area contributed by atoms with E-state index in [1.54, 1.807) is 6.08 Å². The first-order valence-electron chi connectivity index (χ1n) is 6.13. The van der Waals surface area contributed by atoms with Crippen LogP contribution in [0.5, 0.6) is 0 Å². The van der Waals surface area contributed by atoms with Gasteiger partial charge in [0.2, 0.25) is 0 Å². The maximum atomic E-state index is 10.6. The van der Waals surface area contributed by atoms with E-state index in [4.69, 9.17) is 10.5 Å². The fourth-order valence-electron chi connectivity index (χ4n) is 1.87. The van der Waals surface area contributed by atoms with Crippen LogP contribution >= 0.6 is 0 Å². The van der Waals surface area contributed by atoms with Gasteiger partial charge in [0.1, 0.15) is 0 Å². The summed E-state index contributed by atoms with van der Waals surface area (Å²) in [4.78, 5) is 10.6. The Hall–Kier alpha value is -1.18. The Morgan fingerprint density at radius 3 is 2.67 bits per heavy atom. The van der Waals surface area contributed by atoms with Crippen molar-refractivity contribution in [3.63, 3.8) is 0 Å². The number of fused-ring (bicyclic) bond motifs is 1. The molecular weight excluding hydrogens is 298 g/mol. The summed E-state index contributed by atoms with van der Waals surface area (Å²) in [6.07, 6.45) is 0.815. The molecule has 0 aliphatic heterocycles. The molecule has 2 aromatic rings. The molecule has 1 amide bonds. The zero-order valence-corrected chi connectivity index (χ0v) is 12.8. The van der Waals surface area contributed by atoms with Crippen LogP contribution in [0.2, 0.25) is 0 Å². The van der Waals surface area contributed by atoms with E-state index < -0.39 is 6.09 Å². The Labute approximate surface area is 152 Å². The predicted molar refractivity (Wildman–Crippen MR) is 73.9 cm³/mol. The molecule has 0 saturated heterocycles. The van der Waals surface area contributed by atoms with Crippen molar-refractivity contribution in [3.05, 3.63) is 29.7 Å². The second-order valence-corrected chi connectivity index (χ2v) is 5.39. The van der Waals surface area contributed by atoms with Crippen LogP contribution in [0, 0.1) is 37.7 Å². The first-order valence-corrected chi connectivity index (χ1v) is 6.13. The molecule has 0 atom stereocenters. The third-order valence-corrected chi connectivity index (χ3v) is 2.83. The molecular formula is C13H17ArN5O2. The molecule has 0 unspecified atom stereocenters. The molecule has 2 rings (SSSR count). The van der Waals surface area contributed by atoms with Gasteiger partial charge in [0.15, 0.2) is 18.1 Å². The minimum Gasteiger partial charge on any atom is -0.441 e. The number of nitrogens with zero attached hydrogens (tertiary/aromatic N) is 4. The number of primary amides is 1. The monoisotopic (exact) mass is 315 g/mol. The van der Waals surface area contributed by atoms with Gasteiger partial charge in [0, 0.05) is 37.7 Å². The molecule has 2 aromatic heterocycles. The quantitative estimate of drug-likeness (QED) is 0.929. The molecule has 21 heavy (non-hydrogen) atoms. The number of ether oxygens (including phenoxy) is 1. The van der Waals surface area contributed by atoms with Gasteiger partial charge in [-0.1, -0.05) is 27.4 Å². The van der Waals surface area contributed by atoms with Gasteiger partial charge in [-0.25, -0.2) is 4.79 Å². The molecule has 0 radical (unpaired) electrons. The van der Waals surface area contributed by atoms with Crippen molar-refractivity contribution in [1.82, 2.24) is 19.8 Å². The number of carbonyl (C=O) groups excluding carboxylic acids is 1. The molecule has 0 fully saturated rings. The topological polar surface area (TPSA) is 95.4 Å². The van der Waals surface area contributed by atoms with Gasteiger partial charge in [-0.2, -0.15) is 9.61 Å². The van der Waals surface area contributed by atoms with E-state index in [1.807, 2.05) is 6.07 Å². The zero-order valence-electron chi connectivity index (χ0n) is 12.1. The Morgan fingerprint density at radius 1 is 1.48 bits per heavy atom. The SMILES string of the molecule is C=Cc1nn2c(COC(N)=O)nnc2cc1C(C)(C)C.[Ar]. The largest absolute Gasteiger partial charge is 0.441 e. The van der Waals surface area contributed by atoms with Crippen LogP contribution in [-0.2, 0) is 16.8 Å². The second-order valence-electron chi connectivity index (χ2n) is 5.39. The molecule has 0 saturated carbocycles. The molecule has 0 bridgehead atoms. The van der Waals surface area contributed by atoms with Crippen LogP contribution in [0.15, 0.2) is 12.6 Å². The van der Waals surface area contributed by atoms with Crippen molar-refractivity contribution in [3.8, 4) is 0 Å². The Balaban J connectivity index is 0.00000220. The Morgan fingerprint density at radius 2 is 2.14 bits per heavy atom. The van der Waals surface area contributed by atoms with Crippen LogP contribution in [0.25, 0.3) is 11.7 Å². The summed E-state index contributed by atoms with van der Waals surface area (Å²) in [5, 5.41) is 12.4. The minimum atomic E-state index is -0.864. The molecule has 0 aliphatic rings. The summed E-state index contributed by atoms with van der Waals surface area (Å²) in [7, 11) is 0. The average molecular weight is 315 g/mol. The number of amides is 1. The Kier molecular flexibility index (Phi) is 5.72. The maximum Gasteiger partial charge on any atom is 0.404 e. The molecule has 7 nitrogen and oxygen atoms in total. The first-order chi connectivity index (χ1) is 9.32. The number of hydrogen-bond donors (Lipinski definition) is 1. The summed E-state index contributed by atoms with van der Waals surface area (Å²) in [6, 6.07) is 1.91. The summed E-state index contributed by atoms with van der Waals surface area (Å²) in [5.74, 6) is 0.405. The van der Waals surface area contributed by atoms with E-state index in [-0.39, 0.29) is 49.8 Å². The molecule has 2 N–H and O–H groups in total. The van der Waals surface area contributed by atoms with E-state index in [2.05, 4.69) is 42.6 Å². The normalized spacial score (nSPS) is 11.0. The zero-order chi connectivity index (χ0) is 14.9. The van der Waals surface area contributed by atoms with Crippen molar-refractivity contribution in [1.29, 1.82) is 0 Å². The predicted octanol–water partition coefficient (Wildman–Crippen LogP) is 1.66. The van der Waals surface area contributed by atoms with Gasteiger partial charge < -0.3 is 10.5 Å². The number of carbonyl (C=O) groups is 1. The second kappa shape index (κ2) is 6.72. The third kappa shape index (κ3) is 3.93. The van der Waals surface area contributed by atoms with Gasteiger partial charge >= 0.3 is 6.09 Å². The fourth-order valence-corrected chi connectivity index (χ4v) is 1.87. The number of nitrogens with two attached hydrogens (primary N) is 1. The molecule has 114 valence electrons. The van der Waals surface area contributed by atoms with E-state index in [1.165, 1.54) is 4.52 Å². The van der Waals surface area contributed by atoms with Crippen molar-refractivity contribution < 1.29 is 47.3 Å². The van der Waals surface area contributed by atoms with Crippen molar-refractivity contribution in [2.45, 2.75) is 32.8 Å². The van der Waals surface area contributed by atoms with Gasteiger partial charge in [0.25, 0.3) is 0 Å². The average Bonchev–Trinajstić information content (AvgIpc) is 2.75. The summed E-state index contributed by atoms with van der Waals surface area (Å²) >= 11 is 0. The van der Waals surface area contributed by atoms with E-state index in [0.29, 0.717) is 11.5 Å². The molecule has 2 heterocycles. The minimum absolute atomic E-state index is 0. The maximum absolute atomic E-state index is 10.6. The summed E-state index contributed by atoms with van der Waals surface area (Å²) in [5.41, 5.74) is 7.20. The van der Waals surface area contributed by atoms with Crippen LogP contribution in [0.3, 0.4) is 0 Å². The first kappa shape index (κ1) is 17.9. The third-order valence-electron chi connectivity index (χ3n) is 2.83. The smallest absolute Gasteiger partial charge is 0.404 e. The molecule has 0 spiro atoms. The van der Waals surface area contributed by atoms with Crippen molar-refractivity contribution >= 4 is 17.8 Å². The van der Waals surface area contributed by atoms with E-state index >= 15 is 0 Å². The fraction of sp³-hybridized carbons (Fsp3) is 0.385. The number of hydrogen-bond acceptors (Lipinski definition) is 5. The number of rotatable bonds is 3. The molecule has 0 aliphatic carbocycles. The van der Waals surface area contributed by atoms with Gasteiger partial charge in [-0.05, 0) is 23.1 Å². The van der Waals surface area contributed by atoms with Gasteiger partial charge in [-0.15, -0.1) is 10.2 Å². The van der Waals surface area contributed by atoms with Gasteiger partial charge in [-0.3, -0.25) is 0 Å². The van der Waals surface area contributed by atoms with Crippen LogP contribution in [-0.4, -0.2) is 25.9 Å².